The van der Waals surface area contributed by atoms with Gasteiger partial charge in [-0.25, -0.2) is 0 Å². The van der Waals surface area contributed by atoms with E-state index in [0.717, 1.165) is 0 Å². The van der Waals surface area contributed by atoms with Crippen LogP contribution in [0.15, 0.2) is 16.8 Å². The molecule has 0 atom stereocenters. The summed E-state index contributed by atoms with van der Waals surface area (Å²) in [5, 5.41) is 0. The van der Waals surface area contributed by atoms with E-state index in [2.05, 4.69) is 6.08 Å². The van der Waals surface area contributed by atoms with Crippen LogP contribution in [0.2, 0.25) is 0 Å². The molecule has 0 radical (unpaired) electrons. The smallest absolute Gasteiger partial charge is 0.0363 e. The van der Waals surface area contributed by atoms with E-state index in [4.69, 9.17) is 4.99 Å². The quantitative estimate of drug-likeness (QED) is 0.561. The molecule has 0 N–H and O–H groups in total. The molecule has 1 nitrogen and oxygen atoms in total. The van der Waals surface area contributed by atoms with Crippen molar-refractivity contribution in [2.75, 3.05) is 0 Å². The van der Waals surface area contributed by atoms with Gasteiger partial charge >= 0.3 is 0 Å². The topological polar surface area (TPSA) is 12.4 Å². The maximum atomic E-state index is 4.71. The second-order valence-electron chi connectivity index (χ2n) is 3.83. The zero-order valence-electron chi connectivity index (χ0n) is 7.68. The molecule has 2 aliphatic rings. The lowest BCUT2D eigenvalue weighted by molar-refractivity contribution is 0.665. The molecule has 0 spiro atoms. The number of rotatable bonds is 1. The van der Waals surface area contributed by atoms with Crippen LogP contribution >= 0.6 is 0 Å². The molecule has 1 fully saturated rings. The van der Waals surface area contributed by atoms with E-state index in [0.29, 0.717) is 0 Å². The maximum Gasteiger partial charge on any atom is 0.0363 e. The molecule has 1 heteroatoms. The van der Waals surface area contributed by atoms with Crippen LogP contribution < -0.4 is 0 Å². The van der Waals surface area contributed by atoms with Crippen LogP contribution in [0.3, 0.4) is 0 Å². The lowest BCUT2D eigenvalue weighted by Gasteiger charge is -2.12. The van der Waals surface area contributed by atoms with Crippen LogP contribution in [-0.2, 0) is 0 Å². The van der Waals surface area contributed by atoms with Crippen molar-refractivity contribution in [1.29, 1.82) is 0 Å². The molecule has 66 valence electrons. The van der Waals surface area contributed by atoms with Gasteiger partial charge in [0.25, 0.3) is 0 Å². The minimum Gasteiger partial charge on any atom is -0.263 e. The van der Waals surface area contributed by atoms with Gasteiger partial charge in [-0.15, -0.1) is 0 Å². The van der Waals surface area contributed by atoms with Crippen LogP contribution in [0.4, 0.5) is 0 Å². The van der Waals surface area contributed by atoms with Crippen molar-refractivity contribution in [3.63, 3.8) is 0 Å². The number of allylic oxidation sites excluding steroid dienone is 2. The molecule has 2 aliphatic carbocycles. The van der Waals surface area contributed by atoms with Gasteiger partial charge in [-0.2, -0.15) is 0 Å². The van der Waals surface area contributed by atoms with Gasteiger partial charge in [0.2, 0.25) is 0 Å². The summed E-state index contributed by atoms with van der Waals surface area (Å²) < 4.78 is 0. The van der Waals surface area contributed by atoms with Gasteiger partial charge in [-0.05, 0) is 44.9 Å². The van der Waals surface area contributed by atoms with Gasteiger partial charge in [0.1, 0.15) is 0 Å². The van der Waals surface area contributed by atoms with Crippen molar-refractivity contribution < 1.29 is 0 Å². The highest BCUT2D eigenvalue weighted by Crippen LogP contribution is 2.22. The zero-order chi connectivity index (χ0) is 8.23. The molecular formula is C11H17N. The highest BCUT2D eigenvalue weighted by Gasteiger charge is 2.08. The summed E-state index contributed by atoms with van der Waals surface area (Å²) in [5.74, 6) is 0. The molecule has 0 aromatic rings. The third-order valence-electron chi connectivity index (χ3n) is 2.75. The molecular weight excluding hydrogens is 146 g/mol. The standard InChI is InChI=1S/C11H17N/c1-2-6-10(7-3-1)12-11-8-4-5-9-11/h8H,1-7,9H2. The summed E-state index contributed by atoms with van der Waals surface area (Å²) in [6, 6.07) is 0. The van der Waals surface area contributed by atoms with Crippen molar-refractivity contribution in [2.45, 2.75) is 51.4 Å². The first-order valence-corrected chi connectivity index (χ1v) is 5.20. The molecule has 1 saturated carbocycles. The van der Waals surface area contributed by atoms with Gasteiger partial charge in [0.05, 0.1) is 0 Å². The molecule has 0 heterocycles. The van der Waals surface area contributed by atoms with Crippen LogP contribution in [-0.4, -0.2) is 5.71 Å². The molecule has 2 rings (SSSR count). The molecule has 0 unspecified atom stereocenters. The maximum absolute atomic E-state index is 4.71. The predicted molar refractivity (Wildman–Crippen MR) is 52.5 cm³/mol. The fraction of sp³-hybridized carbons (Fsp3) is 0.727. The fourth-order valence-corrected chi connectivity index (χ4v) is 2.03. The minimum atomic E-state index is 1.23. The molecule has 0 bridgehead atoms. The largest absolute Gasteiger partial charge is 0.263 e. The Kier molecular flexibility index (Phi) is 2.60. The third-order valence-corrected chi connectivity index (χ3v) is 2.75. The number of hydrogen-bond donors (Lipinski definition) is 0. The number of nitrogens with zero attached hydrogens (tertiary/aromatic N) is 1. The van der Waals surface area contributed by atoms with Gasteiger partial charge in [0, 0.05) is 11.4 Å². The first-order chi connectivity index (χ1) is 5.95. The number of hydrogen-bond acceptors (Lipinski definition) is 1. The molecule has 12 heavy (non-hydrogen) atoms. The molecule has 0 saturated heterocycles. The second-order valence-corrected chi connectivity index (χ2v) is 3.83. The summed E-state index contributed by atoms with van der Waals surface area (Å²) in [6.45, 7) is 0. The first kappa shape index (κ1) is 8.03. The lowest BCUT2D eigenvalue weighted by atomic mass is 9.98. The molecule has 0 aromatic heterocycles. The van der Waals surface area contributed by atoms with Crippen LogP contribution in [0, 0.1) is 0 Å². The van der Waals surface area contributed by atoms with E-state index >= 15 is 0 Å². The Hall–Kier alpha value is -0.590. The zero-order valence-corrected chi connectivity index (χ0v) is 7.68. The van der Waals surface area contributed by atoms with E-state index in [-0.39, 0.29) is 0 Å². The Balaban J connectivity index is 1.96. The first-order valence-electron chi connectivity index (χ1n) is 5.20. The van der Waals surface area contributed by atoms with Crippen molar-refractivity contribution in [3.8, 4) is 0 Å². The van der Waals surface area contributed by atoms with Crippen molar-refractivity contribution in [2.24, 2.45) is 4.99 Å². The third kappa shape index (κ3) is 1.96. The summed E-state index contributed by atoms with van der Waals surface area (Å²) in [7, 11) is 0. The fourth-order valence-electron chi connectivity index (χ4n) is 2.03. The minimum absolute atomic E-state index is 1.23. The van der Waals surface area contributed by atoms with E-state index < -0.39 is 0 Å². The molecule has 0 aliphatic heterocycles. The lowest BCUT2D eigenvalue weighted by Crippen LogP contribution is -2.04. The summed E-state index contributed by atoms with van der Waals surface area (Å²) >= 11 is 0. The Morgan fingerprint density at radius 3 is 2.42 bits per heavy atom. The van der Waals surface area contributed by atoms with Crippen molar-refractivity contribution in [3.05, 3.63) is 11.8 Å². The second kappa shape index (κ2) is 3.88. The Morgan fingerprint density at radius 1 is 0.917 bits per heavy atom. The summed E-state index contributed by atoms with van der Waals surface area (Å²) in [6.07, 6.45) is 12.8. The van der Waals surface area contributed by atoms with Gasteiger partial charge < -0.3 is 0 Å². The van der Waals surface area contributed by atoms with E-state index in [1.54, 1.807) is 0 Å². The Bertz CT molecular complexity index is 205. The Morgan fingerprint density at radius 2 is 1.75 bits per heavy atom. The van der Waals surface area contributed by atoms with E-state index in [1.165, 1.54) is 62.8 Å². The number of aliphatic imine (C=N–C) groups is 1. The predicted octanol–water partition coefficient (Wildman–Crippen LogP) is 3.46. The highest BCUT2D eigenvalue weighted by atomic mass is 14.8. The van der Waals surface area contributed by atoms with E-state index in [9.17, 15) is 0 Å². The van der Waals surface area contributed by atoms with Gasteiger partial charge in [-0.1, -0.05) is 12.5 Å². The SMILES string of the molecule is C1=C(N=C2CCCCC2)CCC1. The van der Waals surface area contributed by atoms with Crippen LogP contribution in [0.5, 0.6) is 0 Å². The van der Waals surface area contributed by atoms with Gasteiger partial charge in [0.15, 0.2) is 0 Å². The monoisotopic (exact) mass is 163 g/mol. The van der Waals surface area contributed by atoms with E-state index in [1.807, 2.05) is 0 Å². The molecule has 0 aromatic carbocycles. The van der Waals surface area contributed by atoms with Crippen molar-refractivity contribution >= 4 is 5.71 Å². The summed E-state index contributed by atoms with van der Waals surface area (Å²) in [5.41, 5.74) is 2.83. The summed E-state index contributed by atoms with van der Waals surface area (Å²) in [4.78, 5) is 4.71. The molecule has 0 amide bonds. The highest BCUT2D eigenvalue weighted by molar-refractivity contribution is 5.85. The van der Waals surface area contributed by atoms with Crippen LogP contribution in [0.1, 0.15) is 51.4 Å². The average Bonchev–Trinajstić information content (AvgIpc) is 2.59. The van der Waals surface area contributed by atoms with Gasteiger partial charge in [-0.3, -0.25) is 4.99 Å². The normalized spacial score (nSPS) is 24.0. The Labute approximate surface area is 74.6 Å². The van der Waals surface area contributed by atoms with Crippen molar-refractivity contribution in [1.82, 2.24) is 0 Å². The average molecular weight is 163 g/mol. The van der Waals surface area contributed by atoms with Crippen LogP contribution in [0.25, 0.3) is 0 Å².